The molecule has 0 heterocycles. The minimum absolute atomic E-state index is 0.0701. The maximum absolute atomic E-state index is 10.7. The van der Waals surface area contributed by atoms with Crippen LogP contribution < -0.4 is 10.5 Å². The standard InChI is InChI=1S/C8H9NO3/c9-5-8(11)12-7-4-2-1-3-6(7)10/h1-4,10H,5,9H2. The van der Waals surface area contributed by atoms with Gasteiger partial charge in [0.1, 0.15) is 0 Å². The molecule has 0 unspecified atom stereocenters. The average Bonchev–Trinajstić information content (AvgIpc) is 2.09. The van der Waals surface area contributed by atoms with Crippen LogP contribution in [0.3, 0.4) is 0 Å². The number of rotatable bonds is 2. The highest BCUT2D eigenvalue weighted by atomic mass is 16.5. The van der Waals surface area contributed by atoms with Gasteiger partial charge in [0.2, 0.25) is 0 Å². The Morgan fingerprint density at radius 3 is 2.75 bits per heavy atom. The molecule has 64 valence electrons. The van der Waals surface area contributed by atoms with Crippen LogP contribution in [0.2, 0.25) is 0 Å². The zero-order valence-corrected chi connectivity index (χ0v) is 6.36. The lowest BCUT2D eigenvalue weighted by Crippen LogP contribution is -2.19. The van der Waals surface area contributed by atoms with Gasteiger partial charge in [0.15, 0.2) is 11.5 Å². The van der Waals surface area contributed by atoms with E-state index in [4.69, 9.17) is 10.8 Å². The predicted octanol–water partition coefficient (Wildman–Crippen LogP) is 0.256. The predicted molar refractivity (Wildman–Crippen MR) is 42.8 cm³/mol. The molecule has 0 atom stereocenters. The van der Waals surface area contributed by atoms with E-state index in [-0.39, 0.29) is 18.0 Å². The number of benzene rings is 1. The summed E-state index contributed by atoms with van der Waals surface area (Å²) in [5, 5.41) is 9.14. The van der Waals surface area contributed by atoms with Gasteiger partial charge in [-0.05, 0) is 12.1 Å². The molecule has 12 heavy (non-hydrogen) atoms. The van der Waals surface area contributed by atoms with Gasteiger partial charge in [0.25, 0.3) is 0 Å². The zero-order chi connectivity index (χ0) is 8.97. The van der Waals surface area contributed by atoms with E-state index in [9.17, 15) is 4.79 Å². The minimum atomic E-state index is -0.573. The normalized spacial score (nSPS) is 9.42. The first-order valence-electron chi connectivity index (χ1n) is 3.43. The van der Waals surface area contributed by atoms with Gasteiger partial charge in [-0.3, -0.25) is 4.79 Å². The topological polar surface area (TPSA) is 72.6 Å². The van der Waals surface area contributed by atoms with E-state index in [1.54, 1.807) is 12.1 Å². The Labute approximate surface area is 69.6 Å². The molecule has 4 nitrogen and oxygen atoms in total. The number of nitrogens with two attached hydrogens (primary N) is 1. The van der Waals surface area contributed by atoms with Gasteiger partial charge < -0.3 is 15.6 Å². The molecule has 0 saturated heterocycles. The molecule has 0 saturated carbocycles. The van der Waals surface area contributed by atoms with E-state index in [0.717, 1.165) is 0 Å². The number of esters is 1. The third kappa shape index (κ3) is 1.96. The third-order valence-electron chi connectivity index (χ3n) is 1.26. The van der Waals surface area contributed by atoms with Crippen LogP contribution >= 0.6 is 0 Å². The molecule has 4 heteroatoms. The van der Waals surface area contributed by atoms with Crippen molar-refractivity contribution < 1.29 is 14.6 Å². The summed E-state index contributed by atoms with van der Waals surface area (Å²) in [6.07, 6.45) is 0. The van der Waals surface area contributed by atoms with Gasteiger partial charge in [-0.15, -0.1) is 0 Å². The van der Waals surface area contributed by atoms with Crippen LogP contribution in [0.15, 0.2) is 24.3 Å². The Morgan fingerprint density at radius 1 is 1.50 bits per heavy atom. The molecule has 1 aromatic rings. The molecule has 0 fully saturated rings. The summed E-state index contributed by atoms with van der Waals surface area (Å²) < 4.78 is 4.68. The molecule has 0 aromatic heterocycles. The quantitative estimate of drug-likeness (QED) is 0.489. The van der Waals surface area contributed by atoms with Crippen LogP contribution in [0.5, 0.6) is 11.5 Å². The number of ether oxygens (including phenoxy) is 1. The van der Waals surface area contributed by atoms with Crippen LogP contribution in [0, 0.1) is 0 Å². The fourth-order valence-corrected chi connectivity index (χ4v) is 0.708. The van der Waals surface area contributed by atoms with E-state index >= 15 is 0 Å². The minimum Gasteiger partial charge on any atom is -0.504 e. The second-order valence-corrected chi connectivity index (χ2v) is 2.15. The molecule has 0 radical (unpaired) electrons. The number of phenolic OH excluding ortho intramolecular Hbond substituents is 1. The molecule has 0 amide bonds. The number of hydrogen-bond acceptors (Lipinski definition) is 4. The van der Waals surface area contributed by atoms with E-state index in [2.05, 4.69) is 4.74 Å². The molecular weight excluding hydrogens is 158 g/mol. The van der Waals surface area contributed by atoms with Crippen LogP contribution in [0.25, 0.3) is 0 Å². The van der Waals surface area contributed by atoms with Crippen LogP contribution in [-0.2, 0) is 4.79 Å². The second kappa shape index (κ2) is 3.73. The summed E-state index contributed by atoms with van der Waals surface area (Å²) in [6.45, 7) is -0.200. The number of aromatic hydroxyl groups is 1. The highest BCUT2D eigenvalue weighted by molar-refractivity contribution is 5.74. The van der Waals surface area contributed by atoms with Crippen molar-refractivity contribution in [3.63, 3.8) is 0 Å². The molecule has 0 aliphatic carbocycles. The lowest BCUT2D eigenvalue weighted by Gasteiger charge is -2.03. The molecule has 3 N–H and O–H groups in total. The van der Waals surface area contributed by atoms with Crippen molar-refractivity contribution >= 4 is 5.97 Å². The molecule has 0 spiro atoms. The highest BCUT2D eigenvalue weighted by Crippen LogP contribution is 2.23. The first kappa shape index (κ1) is 8.55. The van der Waals surface area contributed by atoms with Crippen molar-refractivity contribution in [2.75, 3.05) is 6.54 Å². The Hall–Kier alpha value is -1.55. The SMILES string of the molecule is NCC(=O)Oc1ccccc1O. The largest absolute Gasteiger partial charge is 0.504 e. The summed E-state index contributed by atoms with van der Waals surface area (Å²) in [7, 11) is 0. The van der Waals surface area contributed by atoms with E-state index in [0.29, 0.717) is 0 Å². The van der Waals surface area contributed by atoms with Crippen molar-refractivity contribution in [1.82, 2.24) is 0 Å². The maximum atomic E-state index is 10.7. The van der Waals surface area contributed by atoms with Gasteiger partial charge in [-0.1, -0.05) is 12.1 Å². The Morgan fingerprint density at radius 2 is 2.17 bits per heavy atom. The van der Waals surface area contributed by atoms with Crippen LogP contribution in [0.1, 0.15) is 0 Å². The third-order valence-corrected chi connectivity index (χ3v) is 1.26. The first-order valence-corrected chi connectivity index (χ1v) is 3.43. The van der Waals surface area contributed by atoms with E-state index in [1.807, 2.05) is 0 Å². The Bertz CT molecular complexity index is 285. The average molecular weight is 167 g/mol. The summed E-state index contributed by atoms with van der Waals surface area (Å²) in [4.78, 5) is 10.7. The molecule has 0 aliphatic heterocycles. The fraction of sp³-hybridized carbons (Fsp3) is 0.125. The van der Waals surface area contributed by atoms with Crippen LogP contribution in [0.4, 0.5) is 0 Å². The van der Waals surface area contributed by atoms with Gasteiger partial charge in [-0.2, -0.15) is 0 Å². The summed E-state index contributed by atoms with van der Waals surface area (Å²) in [5.74, 6) is -0.510. The van der Waals surface area contributed by atoms with E-state index < -0.39 is 5.97 Å². The van der Waals surface area contributed by atoms with Gasteiger partial charge >= 0.3 is 5.97 Å². The monoisotopic (exact) mass is 167 g/mol. The molecule has 0 aliphatic rings. The van der Waals surface area contributed by atoms with Gasteiger partial charge in [-0.25, -0.2) is 0 Å². The van der Waals surface area contributed by atoms with Crippen molar-refractivity contribution in [3.8, 4) is 11.5 Å². The highest BCUT2D eigenvalue weighted by Gasteiger charge is 2.04. The van der Waals surface area contributed by atoms with Crippen molar-refractivity contribution in [2.24, 2.45) is 5.73 Å². The Balaban J connectivity index is 2.75. The number of phenols is 1. The molecular formula is C8H9NO3. The van der Waals surface area contributed by atoms with Crippen LogP contribution in [-0.4, -0.2) is 17.6 Å². The van der Waals surface area contributed by atoms with Crippen molar-refractivity contribution in [2.45, 2.75) is 0 Å². The number of carbonyl (C=O) groups is 1. The summed E-state index contributed by atoms with van der Waals surface area (Å²) in [6, 6.07) is 6.20. The van der Waals surface area contributed by atoms with Crippen molar-refractivity contribution in [3.05, 3.63) is 24.3 Å². The maximum Gasteiger partial charge on any atom is 0.325 e. The van der Waals surface area contributed by atoms with Gasteiger partial charge in [0, 0.05) is 0 Å². The molecule has 1 aromatic carbocycles. The molecule has 1 rings (SSSR count). The van der Waals surface area contributed by atoms with Crippen molar-refractivity contribution in [1.29, 1.82) is 0 Å². The fourth-order valence-electron chi connectivity index (χ4n) is 0.708. The second-order valence-electron chi connectivity index (χ2n) is 2.15. The van der Waals surface area contributed by atoms with E-state index in [1.165, 1.54) is 12.1 Å². The summed E-state index contributed by atoms with van der Waals surface area (Å²) in [5.41, 5.74) is 5.01. The zero-order valence-electron chi connectivity index (χ0n) is 6.36. The Kier molecular flexibility index (Phi) is 2.66. The number of carbonyl (C=O) groups excluding carboxylic acids is 1. The number of hydrogen-bond donors (Lipinski definition) is 2. The summed E-state index contributed by atoms with van der Waals surface area (Å²) >= 11 is 0. The molecule has 0 bridgehead atoms. The lowest BCUT2D eigenvalue weighted by atomic mass is 10.3. The number of para-hydroxylation sites is 2. The lowest BCUT2D eigenvalue weighted by molar-refractivity contribution is -0.132. The first-order chi connectivity index (χ1) is 5.74. The smallest absolute Gasteiger partial charge is 0.325 e. The van der Waals surface area contributed by atoms with Gasteiger partial charge in [0.05, 0.1) is 6.54 Å².